The summed E-state index contributed by atoms with van der Waals surface area (Å²) in [7, 11) is -1.80. The maximum absolute atomic E-state index is 11.7. The van der Waals surface area contributed by atoms with Crippen molar-refractivity contribution in [3.63, 3.8) is 0 Å². The number of ether oxygens (including phenoxy) is 1. The van der Waals surface area contributed by atoms with Crippen LogP contribution >= 0.6 is 11.6 Å². The Kier molecular flexibility index (Phi) is 3.58. The summed E-state index contributed by atoms with van der Waals surface area (Å²) in [6.45, 7) is 0. The Hall–Kier alpha value is -2.05. The van der Waals surface area contributed by atoms with Gasteiger partial charge in [-0.05, 0) is 35.9 Å². The highest BCUT2D eigenvalue weighted by molar-refractivity contribution is 7.90. The number of benzene rings is 2. The van der Waals surface area contributed by atoms with E-state index in [1.165, 1.54) is 13.2 Å². The molecule has 5 nitrogen and oxygen atoms in total. The van der Waals surface area contributed by atoms with Crippen LogP contribution in [0.1, 0.15) is 0 Å². The van der Waals surface area contributed by atoms with Crippen LogP contribution < -0.4 is 4.74 Å². The Labute approximate surface area is 132 Å². The standard InChI is InChI=1S/C15H13ClN2O3S/c1-21-15-7-10(22(2,19)20)3-4-11(15)12-5-9(16)6-14-13(12)8-17-18-14/h3-8H,1-2H3,(H,17,18). The summed E-state index contributed by atoms with van der Waals surface area (Å²) in [6, 6.07) is 8.37. The van der Waals surface area contributed by atoms with Crippen LogP contribution in [-0.4, -0.2) is 32.0 Å². The number of nitrogens with one attached hydrogen (secondary N) is 1. The second-order valence-corrected chi connectivity index (χ2v) is 7.37. The molecule has 3 rings (SSSR count). The molecule has 0 bridgehead atoms. The van der Waals surface area contributed by atoms with Gasteiger partial charge in [0.2, 0.25) is 0 Å². The maximum atomic E-state index is 11.7. The molecule has 22 heavy (non-hydrogen) atoms. The fourth-order valence-corrected chi connectivity index (χ4v) is 3.22. The van der Waals surface area contributed by atoms with Crippen molar-refractivity contribution in [3.8, 4) is 16.9 Å². The van der Waals surface area contributed by atoms with E-state index in [9.17, 15) is 8.42 Å². The van der Waals surface area contributed by atoms with Crippen LogP contribution in [0.4, 0.5) is 0 Å². The van der Waals surface area contributed by atoms with E-state index in [2.05, 4.69) is 10.2 Å². The van der Waals surface area contributed by atoms with Gasteiger partial charge in [0.25, 0.3) is 0 Å². The van der Waals surface area contributed by atoms with Crippen molar-refractivity contribution in [2.24, 2.45) is 0 Å². The molecular weight excluding hydrogens is 324 g/mol. The van der Waals surface area contributed by atoms with Crippen molar-refractivity contribution in [2.75, 3.05) is 13.4 Å². The molecule has 0 saturated carbocycles. The molecular formula is C15H13ClN2O3S. The Morgan fingerprint density at radius 3 is 2.64 bits per heavy atom. The number of methoxy groups -OCH3 is 1. The minimum atomic E-state index is -3.30. The van der Waals surface area contributed by atoms with Crippen molar-refractivity contribution in [3.05, 3.63) is 41.6 Å². The second-order valence-electron chi connectivity index (χ2n) is 4.92. The first-order valence-corrected chi connectivity index (χ1v) is 8.68. The summed E-state index contributed by atoms with van der Waals surface area (Å²) in [6.07, 6.45) is 2.86. The molecule has 0 aliphatic rings. The fourth-order valence-electron chi connectivity index (χ4n) is 2.36. The van der Waals surface area contributed by atoms with Crippen LogP contribution in [0.3, 0.4) is 0 Å². The number of fused-ring (bicyclic) bond motifs is 1. The van der Waals surface area contributed by atoms with E-state index < -0.39 is 9.84 Å². The van der Waals surface area contributed by atoms with E-state index in [0.29, 0.717) is 10.8 Å². The number of aromatic nitrogens is 2. The highest BCUT2D eigenvalue weighted by Gasteiger charge is 2.15. The van der Waals surface area contributed by atoms with Crippen molar-refractivity contribution in [1.82, 2.24) is 10.2 Å². The van der Waals surface area contributed by atoms with Crippen LogP contribution in [0.25, 0.3) is 22.0 Å². The Morgan fingerprint density at radius 1 is 1.18 bits per heavy atom. The number of H-pyrrole nitrogens is 1. The number of rotatable bonds is 3. The molecule has 0 atom stereocenters. The van der Waals surface area contributed by atoms with E-state index in [0.717, 1.165) is 28.3 Å². The predicted molar refractivity (Wildman–Crippen MR) is 86.2 cm³/mol. The molecule has 1 N–H and O–H groups in total. The van der Waals surface area contributed by atoms with Crippen LogP contribution in [0, 0.1) is 0 Å². The van der Waals surface area contributed by atoms with Gasteiger partial charge in [0.15, 0.2) is 9.84 Å². The number of aromatic amines is 1. The first kappa shape index (κ1) is 14.9. The quantitative estimate of drug-likeness (QED) is 0.796. The van der Waals surface area contributed by atoms with Gasteiger partial charge in [-0.1, -0.05) is 11.6 Å². The number of hydrogen-bond acceptors (Lipinski definition) is 4. The average Bonchev–Trinajstić information content (AvgIpc) is 2.92. The van der Waals surface area contributed by atoms with E-state index in [-0.39, 0.29) is 4.90 Å². The molecule has 0 amide bonds. The Bertz CT molecular complexity index is 964. The number of hydrogen-bond donors (Lipinski definition) is 1. The molecule has 1 aromatic heterocycles. The molecule has 0 radical (unpaired) electrons. The van der Waals surface area contributed by atoms with E-state index in [1.807, 2.05) is 0 Å². The molecule has 2 aromatic carbocycles. The first-order chi connectivity index (χ1) is 10.4. The van der Waals surface area contributed by atoms with E-state index in [4.69, 9.17) is 16.3 Å². The van der Waals surface area contributed by atoms with Gasteiger partial charge in [-0.3, -0.25) is 5.10 Å². The Balaban J connectivity index is 2.29. The molecule has 0 fully saturated rings. The van der Waals surface area contributed by atoms with Crippen molar-refractivity contribution >= 4 is 32.3 Å². The lowest BCUT2D eigenvalue weighted by molar-refractivity contribution is 0.415. The SMILES string of the molecule is COc1cc(S(C)(=O)=O)ccc1-c1cc(Cl)cc2[nH]ncc12. The first-order valence-electron chi connectivity index (χ1n) is 6.41. The molecule has 0 aliphatic carbocycles. The van der Waals surface area contributed by atoms with Crippen LogP contribution in [-0.2, 0) is 9.84 Å². The molecule has 3 aromatic rings. The summed E-state index contributed by atoms with van der Waals surface area (Å²) >= 11 is 6.15. The lowest BCUT2D eigenvalue weighted by Crippen LogP contribution is -1.98. The maximum Gasteiger partial charge on any atom is 0.175 e. The summed E-state index contributed by atoms with van der Waals surface area (Å²) < 4.78 is 28.7. The van der Waals surface area contributed by atoms with Crippen molar-refractivity contribution < 1.29 is 13.2 Å². The summed E-state index contributed by atoms with van der Waals surface area (Å²) in [5.41, 5.74) is 2.38. The van der Waals surface area contributed by atoms with Gasteiger partial charge in [0.1, 0.15) is 5.75 Å². The molecule has 1 heterocycles. The van der Waals surface area contributed by atoms with Crippen LogP contribution in [0.2, 0.25) is 5.02 Å². The van der Waals surface area contributed by atoms with Crippen molar-refractivity contribution in [1.29, 1.82) is 0 Å². The van der Waals surface area contributed by atoms with Gasteiger partial charge in [0.05, 0.1) is 23.7 Å². The highest BCUT2D eigenvalue weighted by atomic mass is 35.5. The van der Waals surface area contributed by atoms with Gasteiger partial charge < -0.3 is 4.74 Å². The normalized spacial score (nSPS) is 11.8. The second kappa shape index (κ2) is 5.30. The van der Waals surface area contributed by atoms with Gasteiger partial charge in [-0.2, -0.15) is 5.10 Å². The van der Waals surface area contributed by atoms with Gasteiger partial charge in [-0.15, -0.1) is 0 Å². The topological polar surface area (TPSA) is 72.1 Å². The van der Waals surface area contributed by atoms with Crippen LogP contribution in [0.15, 0.2) is 41.4 Å². The monoisotopic (exact) mass is 336 g/mol. The zero-order valence-corrected chi connectivity index (χ0v) is 13.5. The summed E-state index contributed by atoms with van der Waals surface area (Å²) in [5.74, 6) is 0.465. The molecule has 7 heteroatoms. The minimum Gasteiger partial charge on any atom is -0.496 e. The molecule has 0 aliphatic heterocycles. The largest absolute Gasteiger partial charge is 0.496 e. The molecule has 114 valence electrons. The van der Waals surface area contributed by atoms with Gasteiger partial charge >= 0.3 is 0 Å². The minimum absolute atomic E-state index is 0.207. The zero-order valence-electron chi connectivity index (χ0n) is 11.9. The third-order valence-corrected chi connectivity index (χ3v) is 4.74. The molecule has 0 spiro atoms. The van der Waals surface area contributed by atoms with Crippen molar-refractivity contribution in [2.45, 2.75) is 4.90 Å². The predicted octanol–water partition coefficient (Wildman–Crippen LogP) is 3.30. The third kappa shape index (κ3) is 2.55. The third-order valence-electron chi connectivity index (χ3n) is 3.41. The van der Waals surface area contributed by atoms with E-state index >= 15 is 0 Å². The lowest BCUT2D eigenvalue weighted by Gasteiger charge is -2.11. The summed E-state index contributed by atoms with van der Waals surface area (Å²) in [5, 5.41) is 8.33. The van der Waals surface area contributed by atoms with Gasteiger partial charge in [-0.25, -0.2) is 8.42 Å². The molecule has 0 saturated heterocycles. The smallest absolute Gasteiger partial charge is 0.175 e. The highest BCUT2D eigenvalue weighted by Crippen LogP contribution is 2.37. The fraction of sp³-hybridized carbons (Fsp3) is 0.133. The number of nitrogens with zero attached hydrogens (tertiary/aromatic N) is 1. The number of sulfone groups is 1. The lowest BCUT2D eigenvalue weighted by atomic mass is 10.0. The summed E-state index contributed by atoms with van der Waals surface area (Å²) in [4.78, 5) is 0.207. The Morgan fingerprint density at radius 2 is 1.95 bits per heavy atom. The molecule has 0 unspecified atom stereocenters. The average molecular weight is 337 g/mol. The number of halogens is 1. The van der Waals surface area contributed by atoms with Crippen LogP contribution in [0.5, 0.6) is 5.75 Å². The van der Waals surface area contributed by atoms with Gasteiger partial charge in [0, 0.05) is 22.2 Å². The van der Waals surface area contributed by atoms with E-state index in [1.54, 1.807) is 30.5 Å². The zero-order chi connectivity index (χ0) is 15.9.